The van der Waals surface area contributed by atoms with Crippen molar-refractivity contribution in [1.82, 2.24) is 4.90 Å². The minimum Gasteiger partial charge on any atom is -0.492 e. The van der Waals surface area contributed by atoms with E-state index in [4.69, 9.17) is 21.1 Å². The Morgan fingerprint density at radius 1 is 1.30 bits per heavy atom. The molecule has 112 valence electrons. The summed E-state index contributed by atoms with van der Waals surface area (Å²) in [7, 11) is 0. The predicted octanol–water partition coefficient (Wildman–Crippen LogP) is 3.53. The Bertz CT molecular complexity index is 428. The zero-order chi connectivity index (χ0) is 14.5. The van der Waals surface area contributed by atoms with Gasteiger partial charge in [-0.1, -0.05) is 17.7 Å². The number of morpholine rings is 1. The molecule has 0 unspecified atom stereocenters. The first-order valence-corrected chi connectivity index (χ1v) is 7.69. The Balaban J connectivity index is 1.71. The maximum Gasteiger partial charge on any atom is 0.137 e. The van der Waals surface area contributed by atoms with Crippen molar-refractivity contribution >= 4 is 11.6 Å². The summed E-state index contributed by atoms with van der Waals surface area (Å²) in [6.45, 7) is 10.0. The molecule has 0 aromatic heterocycles. The molecule has 0 spiro atoms. The summed E-state index contributed by atoms with van der Waals surface area (Å²) < 4.78 is 11.5. The lowest BCUT2D eigenvalue weighted by molar-refractivity contribution is -0.0686. The quantitative estimate of drug-likeness (QED) is 0.776. The van der Waals surface area contributed by atoms with Gasteiger partial charge in [0.15, 0.2) is 0 Å². The Labute approximate surface area is 126 Å². The summed E-state index contributed by atoms with van der Waals surface area (Å²) in [6, 6.07) is 5.89. The Morgan fingerprint density at radius 3 is 2.65 bits per heavy atom. The minimum atomic E-state index is 0.325. The largest absolute Gasteiger partial charge is 0.492 e. The topological polar surface area (TPSA) is 21.7 Å². The summed E-state index contributed by atoms with van der Waals surface area (Å²) in [5.74, 6) is 0.779. The fourth-order valence-corrected chi connectivity index (χ4v) is 2.95. The number of halogens is 1. The number of hydrogen-bond acceptors (Lipinski definition) is 3. The molecule has 1 aromatic rings. The third-order valence-corrected chi connectivity index (χ3v) is 3.75. The van der Waals surface area contributed by atoms with Crippen LogP contribution in [0.5, 0.6) is 5.75 Å². The van der Waals surface area contributed by atoms with E-state index in [1.807, 2.05) is 25.1 Å². The van der Waals surface area contributed by atoms with Crippen molar-refractivity contribution in [2.24, 2.45) is 0 Å². The van der Waals surface area contributed by atoms with Crippen LogP contribution in [-0.2, 0) is 4.74 Å². The van der Waals surface area contributed by atoms with E-state index in [-0.39, 0.29) is 0 Å². The van der Waals surface area contributed by atoms with E-state index in [0.717, 1.165) is 37.4 Å². The molecular formula is C16H24ClNO2. The zero-order valence-corrected chi connectivity index (χ0v) is 13.3. The van der Waals surface area contributed by atoms with Crippen LogP contribution in [0.25, 0.3) is 0 Å². The second kappa shape index (κ2) is 7.30. The van der Waals surface area contributed by atoms with Crippen LogP contribution in [0.1, 0.15) is 25.8 Å². The van der Waals surface area contributed by atoms with Gasteiger partial charge in [-0.15, -0.1) is 0 Å². The van der Waals surface area contributed by atoms with Gasteiger partial charge in [0.2, 0.25) is 0 Å². The lowest BCUT2D eigenvalue weighted by Gasteiger charge is -2.35. The molecule has 4 heteroatoms. The molecule has 1 aliphatic rings. The molecule has 3 nitrogen and oxygen atoms in total. The third kappa shape index (κ3) is 4.65. The van der Waals surface area contributed by atoms with Crippen molar-refractivity contribution in [3.8, 4) is 5.75 Å². The summed E-state index contributed by atoms with van der Waals surface area (Å²) in [6.07, 6.45) is 1.65. The molecule has 0 bridgehead atoms. The molecule has 0 radical (unpaired) electrons. The molecular weight excluding hydrogens is 274 g/mol. The fraction of sp³-hybridized carbons (Fsp3) is 0.625. The van der Waals surface area contributed by atoms with Crippen molar-refractivity contribution in [2.75, 3.05) is 26.2 Å². The van der Waals surface area contributed by atoms with Crippen molar-refractivity contribution in [1.29, 1.82) is 0 Å². The molecule has 0 N–H and O–H groups in total. The lowest BCUT2D eigenvalue weighted by Crippen LogP contribution is -2.45. The van der Waals surface area contributed by atoms with Crippen molar-refractivity contribution < 1.29 is 9.47 Å². The van der Waals surface area contributed by atoms with Gasteiger partial charge in [-0.25, -0.2) is 0 Å². The van der Waals surface area contributed by atoms with Crippen LogP contribution in [0.2, 0.25) is 5.02 Å². The average Bonchev–Trinajstić information content (AvgIpc) is 2.35. The second-order valence-electron chi connectivity index (χ2n) is 5.65. The summed E-state index contributed by atoms with van der Waals surface area (Å²) in [4.78, 5) is 2.44. The molecule has 2 atom stereocenters. The lowest BCUT2D eigenvalue weighted by atomic mass is 10.2. The van der Waals surface area contributed by atoms with E-state index < -0.39 is 0 Å². The third-order valence-electron chi connectivity index (χ3n) is 3.46. The number of ether oxygens (including phenoxy) is 2. The van der Waals surface area contributed by atoms with E-state index >= 15 is 0 Å². The highest BCUT2D eigenvalue weighted by molar-refractivity contribution is 6.32. The zero-order valence-electron chi connectivity index (χ0n) is 12.6. The van der Waals surface area contributed by atoms with E-state index in [1.165, 1.54) is 0 Å². The molecule has 2 rings (SSSR count). The van der Waals surface area contributed by atoms with Crippen LogP contribution < -0.4 is 4.74 Å². The highest BCUT2D eigenvalue weighted by Crippen LogP contribution is 2.25. The smallest absolute Gasteiger partial charge is 0.137 e. The van der Waals surface area contributed by atoms with Gasteiger partial charge in [-0.3, -0.25) is 4.90 Å². The van der Waals surface area contributed by atoms with Crippen molar-refractivity contribution in [3.63, 3.8) is 0 Å². The van der Waals surface area contributed by atoms with Gasteiger partial charge in [0.1, 0.15) is 5.75 Å². The Hall–Kier alpha value is -0.770. The molecule has 1 aliphatic heterocycles. The van der Waals surface area contributed by atoms with Gasteiger partial charge in [0.05, 0.1) is 23.8 Å². The van der Waals surface area contributed by atoms with Gasteiger partial charge < -0.3 is 9.47 Å². The van der Waals surface area contributed by atoms with Crippen molar-refractivity contribution in [2.45, 2.75) is 39.4 Å². The van der Waals surface area contributed by atoms with Gasteiger partial charge in [0, 0.05) is 19.6 Å². The summed E-state index contributed by atoms with van der Waals surface area (Å²) in [5, 5.41) is 0.693. The molecule has 1 fully saturated rings. The first kappa shape index (κ1) is 15.6. The molecule has 0 aliphatic carbocycles. The van der Waals surface area contributed by atoms with Crippen LogP contribution >= 0.6 is 11.6 Å². The van der Waals surface area contributed by atoms with Crippen LogP contribution in [0.3, 0.4) is 0 Å². The fourth-order valence-electron chi connectivity index (χ4n) is 2.66. The number of benzene rings is 1. The highest BCUT2D eigenvalue weighted by atomic mass is 35.5. The monoisotopic (exact) mass is 297 g/mol. The Morgan fingerprint density at radius 2 is 2.00 bits per heavy atom. The van der Waals surface area contributed by atoms with Gasteiger partial charge >= 0.3 is 0 Å². The number of hydrogen-bond donors (Lipinski definition) is 0. The van der Waals surface area contributed by atoms with E-state index in [2.05, 4.69) is 18.7 Å². The molecule has 0 saturated carbocycles. The number of aryl methyl sites for hydroxylation is 1. The van der Waals surface area contributed by atoms with Crippen LogP contribution in [-0.4, -0.2) is 43.3 Å². The first-order chi connectivity index (χ1) is 9.54. The van der Waals surface area contributed by atoms with Crippen molar-refractivity contribution in [3.05, 3.63) is 28.8 Å². The minimum absolute atomic E-state index is 0.325. The van der Waals surface area contributed by atoms with Gasteiger partial charge in [-0.2, -0.15) is 0 Å². The number of rotatable bonds is 5. The van der Waals surface area contributed by atoms with Crippen LogP contribution in [0.4, 0.5) is 0 Å². The highest BCUT2D eigenvalue weighted by Gasteiger charge is 2.21. The summed E-state index contributed by atoms with van der Waals surface area (Å²) in [5.41, 5.74) is 1.15. The van der Waals surface area contributed by atoms with E-state index in [1.54, 1.807) is 0 Å². The predicted molar refractivity (Wildman–Crippen MR) is 82.8 cm³/mol. The summed E-state index contributed by atoms with van der Waals surface area (Å²) >= 11 is 6.14. The Kier molecular flexibility index (Phi) is 5.70. The molecule has 1 heterocycles. The van der Waals surface area contributed by atoms with E-state index in [9.17, 15) is 0 Å². The second-order valence-corrected chi connectivity index (χ2v) is 6.06. The first-order valence-electron chi connectivity index (χ1n) is 7.31. The normalized spacial score (nSPS) is 23.8. The number of nitrogens with zero attached hydrogens (tertiary/aromatic N) is 1. The standard InChI is InChI=1S/C16H24ClNO2/c1-12-5-6-16(15(17)9-12)19-8-4-7-18-10-13(2)20-14(3)11-18/h5-6,9,13-14H,4,7-8,10-11H2,1-3H3/t13-,14+. The van der Waals surface area contributed by atoms with Gasteiger partial charge in [-0.05, 0) is 44.9 Å². The molecule has 0 amide bonds. The van der Waals surface area contributed by atoms with Crippen LogP contribution in [0.15, 0.2) is 18.2 Å². The molecule has 1 aromatic carbocycles. The SMILES string of the molecule is Cc1ccc(OCCCN2C[C@@H](C)O[C@@H](C)C2)c(Cl)c1. The average molecular weight is 298 g/mol. The molecule has 20 heavy (non-hydrogen) atoms. The molecule has 1 saturated heterocycles. The van der Waals surface area contributed by atoms with E-state index in [0.29, 0.717) is 23.8 Å². The van der Waals surface area contributed by atoms with Gasteiger partial charge in [0.25, 0.3) is 0 Å². The van der Waals surface area contributed by atoms with Crippen LogP contribution in [0, 0.1) is 6.92 Å². The maximum absolute atomic E-state index is 6.14. The maximum atomic E-state index is 6.14.